The highest BCUT2D eigenvalue weighted by Gasteiger charge is 2.16. The van der Waals surface area contributed by atoms with Crippen molar-refractivity contribution in [1.29, 1.82) is 0 Å². The molecule has 0 fully saturated rings. The van der Waals surface area contributed by atoms with Crippen LogP contribution in [0.3, 0.4) is 0 Å². The fourth-order valence-electron chi connectivity index (χ4n) is 3.15. The van der Waals surface area contributed by atoms with Crippen LogP contribution in [0.5, 0.6) is 0 Å². The molecule has 0 amide bonds. The molecular formula is C25H21BrN4O4S2. The van der Waals surface area contributed by atoms with E-state index in [1.165, 1.54) is 30.0 Å². The van der Waals surface area contributed by atoms with Crippen LogP contribution in [-0.4, -0.2) is 41.5 Å². The number of carbonyl (C=O) groups is 1. The first-order valence-corrected chi connectivity index (χ1v) is 14.0. The van der Waals surface area contributed by atoms with Crippen LogP contribution in [0.25, 0.3) is 23.2 Å². The van der Waals surface area contributed by atoms with Crippen LogP contribution in [0.15, 0.2) is 99.5 Å². The molecule has 0 atom stereocenters. The van der Waals surface area contributed by atoms with Gasteiger partial charge in [0.2, 0.25) is 15.2 Å². The van der Waals surface area contributed by atoms with Gasteiger partial charge in [0, 0.05) is 21.9 Å². The van der Waals surface area contributed by atoms with Gasteiger partial charge in [-0.05, 0) is 60.2 Å². The van der Waals surface area contributed by atoms with Gasteiger partial charge in [-0.1, -0.05) is 58.0 Å². The van der Waals surface area contributed by atoms with Crippen molar-refractivity contribution in [2.45, 2.75) is 10.1 Å². The summed E-state index contributed by atoms with van der Waals surface area (Å²) in [7, 11) is -3.80. The van der Waals surface area contributed by atoms with Gasteiger partial charge in [-0.25, -0.2) is 28.0 Å². The van der Waals surface area contributed by atoms with Crippen LogP contribution < -0.4 is 5.14 Å². The number of benzene rings is 3. The number of sulfonamides is 1. The second-order valence-electron chi connectivity index (χ2n) is 7.44. The molecule has 1 aromatic heterocycles. The molecule has 0 aliphatic heterocycles. The SMILES string of the molecule is NS(=O)(=O)c1ccc(-c2nc(SCCOC(=O)/C=C/c3ccccc3)nn2-c2ccc(Br)cc2)cc1. The Morgan fingerprint density at radius 1 is 1.03 bits per heavy atom. The summed E-state index contributed by atoms with van der Waals surface area (Å²) in [6.07, 6.45) is 3.09. The fraction of sp³-hybridized carbons (Fsp3) is 0.0800. The van der Waals surface area contributed by atoms with Crippen molar-refractivity contribution in [3.8, 4) is 17.1 Å². The number of hydrogen-bond donors (Lipinski definition) is 1. The molecule has 0 unspecified atom stereocenters. The summed E-state index contributed by atoms with van der Waals surface area (Å²) in [5, 5.41) is 10.3. The average Bonchev–Trinajstić information content (AvgIpc) is 3.30. The number of primary sulfonamides is 1. The van der Waals surface area contributed by atoms with Crippen LogP contribution >= 0.6 is 27.7 Å². The number of halogens is 1. The smallest absolute Gasteiger partial charge is 0.330 e. The van der Waals surface area contributed by atoms with Gasteiger partial charge >= 0.3 is 5.97 Å². The Morgan fingerprint density at radius 3 is 2.39 bits per heavy atom. The average molecular weight is 586 g/mol. The highest BCUT2D eigenvalue weighted by Crippen LogP contribution is 2.26. The van der Waals surface area contributed by atoms with E-state index in [-0.39, 0.29) is 11.5 Å². The summed E-state index contributed by atoms with van der Waals surface area (Å²) >= 11 is 4.77. The van der Waals surface area contributed by atoms with Gasteiger partial charge in [-0.2, -0.15) is 0 Å². The molecule has 0 saturated heterocycles. The minimum atomic E-state index is -3.80. The summed E-state index contributed by atoms with van der Waals surface area (Å²) in [5.74, 6) is 0.561. The first-order valence-electron chi connectivity index (χ1n) is 10.7. The van der Waals surface area contributed by atoms with Crippen LogP contribution in [-0.2, 0) is 19.6 Å². The minimum absolute atomic E-state index is 0.0127. The second-order valence-corrected chi connectivity index (χ2v) is 11.0. The van der Waals surface area contributed by atoms with E-state index in [1.807, 2.05) is 54.6 Å². The van der Waals surface area contributed by atoms with E-state index in [2.05, 4.69) is 26.0 Å². The summed E-state index contributed by atoms with van der Waals surface area (Å²) in [5.41, 5.74) is 2.36. The van der Waals surface area contributed by atoms with Crippen molar-refractivity contribution in [2.24, 2.45) is 5.14 Å². The van der Waals surface area contributed by atoms with E-state index >= 15 is 0 Å². The van der Waals surface area contributed by atoms with Gasteiger partial charge in [-0.3, -0.25) is 0 Å². The van der Waals surface area contributed by atoms with Gasteiger partial charge < -0.3 is 4.74 Å². The minimum Gasteiger partial charge on any atom is -0.462 e. The van der Waals surface area contributed by atoms with Gasteiger partial charge in [-0.15, -0.1) is 5.10 Å². The normalized spacial score (nSPS) is 11.6. The molecule has 1 heterocycles. The van der Waals surface area contributed by atoms with Gasteiger partial charge in [0.1, 0.15) is 6.61 Å². The number of aromatic nitrogens is 3. The number of rotatable bonds is 9. The van der Waals surface area contributed by atoms with Crippen molar-refractivity contribution in [3.63, 3.8) is 0 Å². The number of nitrogens with two attached hydrogens (primary N) is 1. The molecule has 3 aromatic carbocycles. The number of thioether (sulfide) groups is 1. The Morgan fingerprint density at radius 2 is 1.72 bits per heavy atom. The topological polar surface area (TPSA) is 117 Å². The van der Waals surface area contributed by atoms with E-state index in [9.17, 15) is 13.2 Å². The van der Waals surface area contributed by atoms with E-state index in [1.54, 1.807) is 22.9 Å². The first-order chi connectivity index (χ1) is 17.3. The summed E-state index contributed by atoms with van der Waals surface area (Å²) in [4.78, 5) is 16.6. The van der Waals surface area contributed by atoms with E-state index < -0.39 is 16.0 Å². The summed E-state index contributed by atoms with van der Waals surface area (Å²) in [6.45, 7) is 0.188. The molecule has 0 bridgehead atoms. The Balaban J connectivity index is 1.46. The lowest BCUT2D eigenvalue weighted by Gasteiger charge is -2.06. The highest BCUT2D eigenvalue weighted by molar-refractivity contribution is 9.10. The fourth-order valence-corrected chi connectivity index (χ4v) is 4.57. The number of ether oxygens (including phenoxy) is 1. The van der Waals surface area contributed by atoms with Gasteiger partial charge in [0.25, 0.3) is 0 Å². The van der Waals surface area contributed by atoms with Crippen LogP contribution in [0.1, 0.15) is 5.56 Å². The molecule has 0 aliphatic carbocycles. The third kappa shape index (κ3) is 6.91. The second kappa shape index (κ2) is 11.7. The van der Waals surface area contributed by atoms with E-state index in [4.69, 9.17) is 9.88 Å². The number of esters is 1. The Bertz CT molecular complexity index is 1470. The molecular weight excluding hydrogens is 564 g/mol. The number of nitrogens with zero attached hydrogens (tertiary/aromatic N) is 3. The van der Waals surface area contributed by atoms with Gasteiger partial charge in [0.05, 0.1) is 10.6 Å². The van der Waals surface area contributed by atoms with E-state index in [0.29, 0.717) is 22.3 Å². The van der Waals surface area contributed by atoms with Crippen molar-refractivity contribution in [2.75, 3.05) is 12.4 Å². The van der Waals surface area contributed by atoms with Gasteiger partial charge in [0.15, 0.2) is 5.82 Å². The summed E-state index contributed by atoms with van der Waals surface area (Å²) in [6, 6.07) is 23.2. The summed E-state index contributed by atoms with van der Waals surface area (Å²) < 4.78 is 31.1. The highest BCUT2D eigenvalue weighted by atomic mass is 79.9. The third-order valence-corrected chi connectivity index (χ3v) is 7.13. The monoisotopic (exact) mass is 584 g/mol. The zero-order chi connectivity index (χ0) is 25.5. The van der Waals surface area contributed by atoms with Crippen molar-refractivity contribution in [3.05, 3.63) is 95.0 Å². The molecule has 4 rings (SSSR count). The molecule has 0 spiro atoms. The Labute approximate surface area is 221 Å². The van der Waals surface area contributed by atoms with Crippen molar-refractivity contribution < 1.29 is 17.9 Å². The lowest BCUT2D eigenvalue weighted by Crippen LogP contribution is -2.11. The first kappa shape index (κ1) is 25.8. The van der Waals surface area contributed by atoms with Crippen molar-refractivity contribution >= 4 is 49.8 Å². The zero-order valence-electron chi connectivity index (χ0n) is 18.8. The van der Waals surface area contributed by atoms with Crippen LogP contribution in [0, 0.1) is 0 Å². The molecule has 2 N–H and O–H groups in total. The maximum absolute atomic E-state index is 12.0. The Hall–Kier alpha value is -3.25. The predicted octanol–water partition coefficient (Wildman–Crippen LogP) is 4.69. The Kier molecular flexibility index (Phi) is 8.36. The molecule has 8 nitrogen and oxygen atoms in total. The molecule has 184 valence electrons. The third-order valence-electron chi connectivity index (χ3n) is 4.87. The molecule has 0 saturated carbocycles. The lowest BCUT2D eigenvalue weighted by atomic mass is 10.2. The largest absolute Gasteiger partial charge is 0.462 e. The predicted molar refractivity (Wildman–Crippen MR) is 143 cm³/mol. The lowest BCUT2D eigenvalue weighted by molar-refractivity contribution is -0.137. The zero-order valence-corrected chi connectivity index (χ0v) is 22.0. The van der Waals surface area contributed by atoms with Crippen molar-refractivity contribution in [1.82, 2.24) is 14.8 Å². The molecule has 4 aromatic rings. The molecule has 11 heteroatoms. The number of carbonyl (C=O) groups excluding carboxylic acids is 1. The number of hydrogen-bond acceptors (Lipinski definition) is 7. The quantitative estimate of drug-likeness (QED) is 0.131. The standard InChI is InChI=1S/C25H21BrN4O4S2/c26-20-9-11-21(12-10-20)30-24(19-7-13-22(14-8-19)36(27,32)33)28-25(29-30)35-17-16-34-23(31)15-6-18-4-2-1-3-5-18/h1-15H,16-17H2,(H2,27,32,33)/b15-6+. The molecule has 36 heavy (non-hydrogen) atoms. The molecule has 0 radical (unpaired) electrons. The van der Waals surface area contributed by atoms with Crippen LogP contribution in [0.4, 0.5) is 0 Å². The van der Waals surface area contributed by atoms with Crippen LogP contribution in [0.2, 0.25) is 0 Å². The molecule has 0 aliphatic rings. The maximum atomic E-state index is 12.0. The maximum Gasteiger partial charge on any atom is 0.330 e. The van der Waals surface area contributed by atoms with E-state index in [0.717, 1.165) is 15.7 Å².